The second-order valence-electron chi connectivity index (χ2n) is 8.28. The molecule has 1 aliphatic rings. The Bertz CT molecular complexity index is 1140. The van der Waals surface area contributed by atoms with Crippen LogP contribution in [-0.4, -0.2) is 73.2 Å². The van der Waals surface area contributed by atoms with E-state index in [1.807, 2.05) is 38.2 Å². The summed E-state index contributed by atoms with van der Waals surface area (Å²) in [6.45, 7) is 7.64. The molecule has 1 saturated heterocycles. The molecular formula is C23H28N6O3S. The highest BCUT2D eigenvalue weighted by Crippen LogP contribution is 2.27. The van der Waals surface area contributed by atoms with Gasteiger partial charge in [0.1, 0.15) is 5.82 Å². The molecule has 0 saturated carbocycles. The van der Waals surface area contributed by atoms with Crippen molar-refractivity contribution in [3.05, 3.63) is 58.9 Å². The smallest absolute Gasteiger partial charge is 0.415 e. The summed E-state index contributed by atoms with van der Waals surface area (Å²) in [4.78, 5) is 28.3. The van der Waals surface area contributed by atoms with Gasteiger partial charge >= 0.3 is 6.09 Å². The van der Waals surface area contributed by atoms with Gasteiger partial charge in [0.15, 0.2) is 10.5 Å². The van der Waals surface area contributed by atoms with Gasteiger partial charge in [-0.1, -0.05) is 19.9 Å². The Balaban J connectivity index is 1.30. The molecule has 33 heavy (non-hydrogen) atoms. The minimum Gasteiger partial charge on any atom is -0.493 e. The van der Waals surface area contributed by atoms with Gasteiger partial charge in [-0.15, -0.1) is 0 Å². The van der Waals surface area contributed by atoms with Gasteiger partial charge in [0.2, 0.25) is 5.88 Å². The van der Waals surface area contributed by atoms with E-state index < -0.39 is 6.09 Å². The minimum atomic E-state index is -0.392. The van der Waals surface area contributed by atoms with Crippen molar-refractivity contribution in [2.45, 2.75) is 26.2 Å². The first-order chi connectivity index (χ1) is 15.9. The summed E-state index contributed by atoms with van der Waals surface area (Å²) < 4.78 is 7.32. The van der Waals surface area contributed by atoms with Crippen LogP contribution in [0.4, 0.5) is 4.79 Å². The van der Waals surface area contributed by atoms with Gasteiger partial charge in [0.25, 0.3) is 0 Å². The topological polar surface area (TPSA) is 99.5 Å². The van der Waals surface area contributed by atoms with Crippen LogP contribution >= 0.6 is 12.2 Å². The maximum absolute atomic E-state index is 12.6. The summed E-state index contributed by atoms with van der Waals surface area (Å²) in [5, 5.41) is 10.5. The normalized spacial score (nSPS) is 14.6. The van der Waals surface area contributed by atoms with Crippen LogP contribution in [0.5, 0.6) is 11.6 Å². The zero-order valence-electron chi connectivity index (χ0n) is 18.8. The van der Waals surface area contributed by atoms with Crippen LogP contribution in [0.2, 0.25) is 0 Å². The summed E-state index contributed by atoms with van der Waals surface area (Å²) >= 11 is 5.31. The lowest BCUT2D eigenvalue weighted by molar-refractivity contribution is 0.111. The summed E-state index contributed by atoms with van der Waals surface area (Å²) in [6, 6.07) is 9.25. The van der Waals surface area contributed by atoms with E-state index in [4.69, 9.17) is 17.0 Å². The molecule has 174 valence electrons. The highest BCUT2D eigenvalue weighted by atomic mass is 32.1. The fourth-order valence-corrected chi connectivity index (χ4v) is 4.05. The third kappa shape index (κ3) is 5.40. The highest BCUT2D eigenvalue weighted by molar-refractivity contribution is 7.71. The van der Waals surface area contributed by atoms with Crippen molar-refractivity contribution < 1.29 is 14.6 Å². The van der Waals surface area contributed by atoms with E-state index >= 15 is 0 Å². The molecule has 9 nitrogen and oxygen atoms in total. The van der Waals surface area contributed by atoms with Crippen LogP contribution in [0, 0.1) is 4.77 Å². The van der Waals surface area contributed by atoms with Gasteiger partial charge in [-0.3, -0.25) is 9.88 Å². The second-order valence-corrected chi connectivity index (χ2v) is 8.66. The number of imidazole rings is 1. The number of aromatic hydroxyl groups is 1. The second kappa shape index (κ2) is 10.1. The Morgan fingerprint density at radius 3 is 2.58 bits per heavy atom. The van der Waals surface area contributed by atoms with Crippen LogP contribution in [0.3, 0.4) is 0 Å². The predicted molar refractivity (Wildman–Crippen MR) is 126 cm³/mol. The third-order valence-corrected chi connectivity index (χ3v) is 5.96. The van der Waals surface area contributed by atoms with E-state index in [-0.39, 0.29) is 11.8 Å². The van der Waals surface area contributed by atoms with Crippen LogP contribution in [-0.2, 0) is 6.42 Å². The number of amides is 1. The number of pyridine rings is 2. The SMILES string of the molecule is CC(C)c1[nH]c(=S)n(-c2ccc(OC(=O)N3CCN(CCc4ccccn4)CC3)cn2)c1O. The third-order valence-electron chi connectivity index (χ3n) is 5.67. The number of rotatable bonds is 6. The van der Waals surface area contributed by atoms with E-state index in [0.717, 1.165) is 31.7 Å². The lowest BCUT2D eigenvalue weighted by Crippen LogP contribution is -2.49. The lowest BCUT2D eigenvalue weighted by Gasteiger charge is -2.33. The number of hydrogen-bond acceptors (Lipinski definition) is 7. The van der Waals surface area contributed by atoms with Crippen LogP contribution in [0.1, 0.15) is 31.2 Å². The van der Waals surface area contributed by atoms with Gasteiger partial charge in [-0.25, -0.2) is 14.3 Å². The maximum atomic E-state index is 12.6. The number of carbonyl (C=O) groups excluding carboxylic acids is 1. The molecule has 0 aromatic carbocycles. The Kier molecular flexibility index (Phi) is 7.05. The lowest BCUT2D eigenvalue weighted by atomic mass is 10.1. The molecular weight excluding hydrogens is 440 g/mol. The summed E-state index contributed by atoms with van der Waals surface area (Å²) in [7, 11) is 0. The molecule has 0 aliphatic carbocycles. The van der Waals surface area contributed by atoms with Gasteiger partial charge in [-0.2, -0.15) is 0 Å². The van der Waals surface area contributed by atoms with E-state index in [9.17, 15) is 9.90 Å². The fraction of sp³-hybridized carbons (Fsp3) is 0.391. The van der Waals surface area contributed by atoms with Crippen LogP contribution in [0.15, 0.2) is 42.7 Å². The number of aromatic nitrogens is 4. The molecule has 4 heterocycles. The molecule has 0 unspecified atom stereocenters. The molecule has 4 rings (SSSR count). The van der Waals surface area contributed by atoms with Crippen molar-refractivity contribution in [2.24, 2.45) is 0 Å². The molecule has 2 N–H and O–H groups in total. The largest absolute Gasteiger partial charge is 0.493 e. The number of piperazine rings is 1. The standard InChI is InChI=1S/C23H28N6O3S/c1-16(2)20-21(30)29(22(33)26-20)19-7-6-18(15-25-19)32-23(31)28-13-11-27(12-14-28)10-8-17-5-3-4-9-24-17/h3-7,9,15-16,30H,8,10-14H2,1-2H3,(H,26,33). The first-order valence-electron chi connectivity index (χ1n) is 11.0. The number of H-pyrrole nitrogens is 1. The molecule has 1 fully saturated rings. The van der Waals surface area contributed by atoms with Crippen molar-refractivity contribution in [1.82, 2.24) is 29.3 Å². The molecule has 3 aromatic heterocycles. The molecule has 0 bridgehead atoms. The molecule has 3 aromatic rings. The van der Waals surface area contributed by atoms with Gasteiger partial charge in [-0.05, 0) is 42.4 Å². The van der Waals surface area contributed by atoms with Gasteiger partial charge < -0.3 is 19.7 Å². The van der Waals surface area contributed by atoms with E-state index in [2.05, 4.69) is 19.9 Å². The van der Waals surface area contributed by atoms with Crippen molar-refractivity contribution >= 4 is 18.3 Å². The average Bonchev–Trinajstić information content (AvgIpc) is 3.13. The van der Waals surface area contributed by atoms with Crippen molar-refractivity contribution in [2.75, 3.05) is 32.7 Å². The first-order valence-corrected chi connectivity index (χ1v) is 11.4. The van der Waals surface area contributed by atoms with E-state index in [0.29, 0.717) is 35.1 Å². The Morgan fingerprint density at radius 1 is 1.18 bits per heavy atom. The minimum absolute atomic E-state index is 0.0353. The van der Waals surface area contributed by atoms with Crippen molar-refractivity contribution in [3.8, 4) is 17.4 Å². The molecule has 1 aliphatic heterocycles. The molecule has 1 amide bonds. The molecule has 0 radical (unpaired) electrons. The molecule has 0 atom stereocenters. The monoisotopic (exact) mass is 468 g/mol. The van der Waals surface area contributed by atoms with Crippen LogP contribution in [0.25, 0.3) is 5.82 Å². The van der Waals surface area contributed by atoms with Gasteiger partial charge in [0.05, 0.1) is 11.9 Å². The number of ether oxygens (including phenoxy) is 1. The fourth-order valence-electron chi connectivity index (χ4n) is 3.76. The predicted octanol–water partition coefficient (Wildman–Crippen LogP) is 3.51. The molecule has 0 spiro atoms. The Morgan fingerprint density at radius 2 is 1.97 bits per heavy atom. The van der Waals surface area contributed by atoms with E-state index in [1.165, 1.54) is 10.8 Å². The number of nitrogens with one attached hydrogen (secondary N) is 1. The van der Waals surface area contributed by atoms with Gasteiger partial charge in [0, 0.05) is 51.0 Å². The van der Waals surface area contributed by atoms with E-state index in [1.54, 1.807) is 17.0 Å². The summed E-state index contributed by atoms with van der Waals surface area (Å²) in [6.07, 6.45) is 3.77. The number of hydrogen-bond donors (Lipinski definition) is 2. The zero-order valence-corrected chi connectivity index (χ0v) is 19.6. The highest BCUT2D eigenvalue weighted by Gasteiger charge is 2.23. The van der Waals surface area contributed by atoms with Crippen LogP contribution < -0.4 is 4.74 Å². The average molecular weight is 469 g/mol. The first kappa shape index (κ1) is 22.9. The number of nitrogens with zero attached hydrogens (tertiary/aromatic N) is 5. The summed E-state index contributed by atoms with van der Waals surface area (Å²) in [5.41, 5.74) is 1.72. The zero-order chi connectivity index (χ0) is 23.4. The Hall–Kier alpha value is -3.24. The number of carbonyl (C=O) groups is 1. The maximum Gasteiger partial charge on any atom is 0.415 e. The Labute approximate surface area is 197 Å². The summed E-state index contributed by atoms with van der Waals surface area (Å²) in [5.74, 6) is 0.908. The molecule has 10 heteroatoms. The van der Waals surface area contributed by atoms with Crippen molar-refractivity contribution in [3.63, 3.8) is 0 Å². The van der Waals surface area contributed by atoms with Crippen molar-refractivity contribution in [1.29, 1.82) is 0 Å². The quantitative estimate of drug-likeness (QED) is 0.534. The number of aromatic amines is 1.